The van der Waals surface area contributed by atoms with E-state index in [1.807, 2.05) is 0 Å². The van der Waals surface area contributed by atoms with Gasteiger partial charge in [-0.2, -0.15) is 0 Å². The second kappa shape index (κ2) is 5.83. The van der Waals surface area contributed by atoms with Crippen LogP contribution in [0.5, 0.6) is 0 Å². The number of hydrogen-bond donors (Lipinski definition) is 1. The normalized spacial score (nSPS) is 11.4. The van der Waals surface area contributed by atoms with Crippen molar-refractivity contribution in [2.75, 3.05) is 11.4 Å². The SMILES string of the molecule is Cc1cc(S(=O)(=O)N(C)c2ccccc2)cc(CO)c1F. The van der Waals surface area contributed by atoms with Gasteiger partial charge in [-0.15, -0.1) is 0 Å². The van der Waals surface area contributed by atoms with Crippen molar-refractivity contribution >= 4 is 15.7 Å². The highest BCUT2D eigenvalue weighted by Crippen LogP contribution is 2.25. The molecule has 21 heavy (non-hydrogen) atoms. The van der Waals surface area contributed by atoms with E-state index in [-0.39, 0.29) is 16.0 Å². The van der Waals surface area contributed by atoms with Crippen LogP contribution < -0.4 is 4.31 Å². The Bertz CT molecular complexity index is 745. The fourth-order valence-electron chi connectivity index (χ4n) is 2.01. The number of rotatable bonds is 4. The molecule has 0 aliphatic carbocycles. The minimum absolute atomic E-state index is 0.0324. The van der Waals surface area contributed by atoms with E-state index in [4.69, 9.17) is 5.11 Å². The van der Waals surface area contributed by atoms with Crippen molar-refractivity contribution in [1.82, 2.24) is 0 Å². The van der Waals surface area contributed by atoms with Crippen molar-refractivity contribution in [3.8, 4) is 0 Å². The Morgan fingerprint density at radius 2 is 1.81 bits per heavy atom. The summed E-state index contributed by atoms with van der Waals surface area (Å²) in [5.74, 6) is -0.584. The van der Waals surface area contributed by atoms with E-state index in [9.17, 15) is 12.8 Å². The first-order valence-electron chi connectivity index (χ1n) is 6.31. The fraction of sp³-hybridized carbons (Fsp3) is 0.200. The number of halogens is 1. The molecule has 2 aromatic carbocycles. The Hall–Kier alpha value is -1.92. The molecule has 0 amide bonds. The van der Waals surface area contributed by atoms with Crippen LogP contribution in [-0.4, -0.2) is 20.6 Å². The van der Waals surface area contributed by atoms with Gasteiger partial charge in [0.25, 0.3) is 10.0 Å². The lowest BCUT2D eigenvalue weighted by Crippen LogP contribution is -2.26. The van der Waals surface area contributed by atoms with Gasteiger partial charge in [-0.1, -0.05) is 18.2 Å². The zero-order chi connectivity index (χ0) is 15.6. The van der Waals surface area contributed by atoms with Crippen LogP contribution in [0.1, 0.15) is 11.1 Å². The first kappa shape index (κ1) is 15.5. The van der Waals surface area contributed by atoms with Crippen molar-refractivity contribution in [2.24, 2.45) is 0 Å². The van der Waals surface area contributed by atoms with Crippen LogP contribution in [0.4, 0.5) is 10.1 Å². The van der Waals surface area contributed by atoms with Crippen molar-refractivity contribution in [2.45, 2.75) is 18.4 Å². The molecule has 1 N–H and O–H groups in total. The molecule has 0 spiro atoms. The average Bonchev–Trinajstić information content (AvgIpc) is 2.49. The molecule has 4 nitrogen and oxygen atoms in total. The monoisotopic (exact) mass is 309 g/mol. The number of sulfonamides is 1. The third-order valence-corrected chi connectivity index (χ3v) is 5.02. The molecular formula is C15H16FNO3S. The first-order chi connectivity index (χ1) is 9.87. The molecule has 2 aromatic rings. The Morgan fingerprint density at radius 1 is 1.19 bits per heavy atom. The summed E-state index contributed by atoms with van der Waals surface area (Å²) in [7, 11) is -2.38. The number of aliphatic hydroxyl groups excluding tert-OH is 1. The molecule has 0 saturated heterocycles. The van der Waals surface area contributed by atoms with Gasteiger partial charge in [-0.05, 0) is 36.8 Å². The average molecular weight is 309 g/mol. The number of aryl methyl sites for hydroxylation is 1. The lowest BCUT2D eigenvalue weighted by Gasteiger charge is -2.20. The van der Waals surface area contributed by atoms with E-state index in [2.05, 4.69) is 0 Å². The maximum Gasteiger partial charge on any atom is 0.264 e. The van der Waals surface area contributed by atoms with Crippen LogP contribution in [0.25, 0.3) is 0 Å². The summed E-state index contributed by atoms with van der Waals surface area (Å²) in [6.45, 7) is 0.918. The number of hydrogen-bond acceptors (Lipinski definition) is 3. The highest BCUT2D eigenvalue weighted by Gasteiger charge is 2.23. The summed E-state index contributed by atoms with van der Waals surface area (Å²) >= 11 is 0. The predicted molar refractivity (Wildman–Crippen MR) is 79.1 cm³/mol. The topological polar surface area (TPSA) is 57.6 Å². The number of para-hydroxylation sites is 1. The van der Waals surface area contributed by atoms with Crippen molar-refractivity contribution in [1.29, 1.82) is 0 Å². The van der Waals surface area contributed by atoms with Crippen LogP contribution >= 0.6 is 0 Å². The molecule has 112 valence electrons. The van der Waals surface area contributed by atoms with Gasteiger partial charge in [-0.25, -0.2) is 12.8 Å². The van der Waals surface area contributed by atoms with Gasteiger partial charge < -0.3 is 5.11 Å². The number of anilines is 1. The Labute approximate surface area is 123 Å². The smallest absolute Gasteiger partial charge is 0.264 e. The molecule has 0 atom stereocenters. The summed E-state index contributed by atoms with van der Waals surface area (Å²) in [5, 5.41) is 9.14. The summed E-state index contributed by atoms with van der Waals surface area (Å²) in [4.78, 5) is -0.0446. The molecule has 6 heteroatoms. The lowest BCUT2D eigenvalue weighted by molar-refractivity contribution is 0.275. The second-order valence-electron chi connectivity index (χ2n) is 4.68. The quantitative estimate of drug-likeness (QED) is 0.944. The fourth-order valence-corrected chi connectivity index (χ4v) is 3.34. The molecule has 0 heterocycles. The standard InChI is InChI=1S/C15H16FNO3S/c1-11-8-14(9-12(10-18)15(11)16)21(19,20)17(2)13-6-4-3-5-7-13/h3-9,18H,10H2,1-2H3. The molecule has 0 aliphatic rings. The van der Waals surface area contributed by atoms with Crippen molar-refractivity contribution in [3.63, 3.8) is 0 Å². The zero-order valence-electron chi connectivity index (χ0n) is 11.7. The molecule has 0 bridgehead atoms. The molecule has 0 fully saturated rings. The van der Waals surface area contributed by atoms with Crippen LogP contribution in [0.3, 0.4) is 0 Å². The second-order valence-corrected chi connectivity index (χ2v) is 6.65. The van der Waals surface area contributed by atoms with Crippen LogP contribution in [0.15, 0.2) is 47.4 Å². The summed E-state index contributed by atoms with van der Waals surface area (Å²) in [6.07, 6.45) is 0. The molecular weight excluding hydrogens is 293 g/mol. The van der Waals surface area contributed by atoms with Crippen LogP contribution in [0, 0.1) is 12.7 Å². The Morgan fingerprint density at radius 3 is 2.38 bits per heavy atom. The highest BCUT2D eigenvalue weighted by molar-refractivity contribution is 7.92. The summed E-state index contributed by atoms with van der Waals surface area (Å²) < 4.78 is 40.0. The third-order valence-electron chi connectivity index (χ3n) is 3.25. The van der Waals surface area contributed by atoms with Crippen LogP contribution in [0.2, 0.25) is 0 Å². The Balaban J connectivity index is 2.52. The minimum Gasteiger partial charge on any atom is -0.392 e. The van der Waals surface area contributed by atoms with E-state index in [0.29, 0.717) is 5.69 Å². The third kappa shape index (κ3) is 2.91. The van der Waals surface area contributed by atoms with E-state index >= 15 is 0 Å². The first-order valence-corrected chi connectivity index (χ1v) is 7.76. The van der Waals surface area contributed by atoms with Gasteiger partial charge in [-0.3, -0.25) is 4.31 Å². The van der Waals surface area contributed by atoms with Gasteiger partial charge in [0.05, 0.1) is 17.2 Å². The van der Waals surface area contributed by atoms with Gasteiger partial charge in [0.1, 0.15) is 5.82 Å². The number of benzene rings is 2. The zero-order valence-corrected chi connectivity index (χ0v) is 12.6. The van der Waals surface area contributed by atoms with E-state index in [1.165, 1.54) is 20.0 Å². The predicted octanol–water partition coefficient (Wildman–Crippen LogP) is 2.45. The van der Waals surface area contributed by atoms with Crippen molar-refractivity contribution < 1.29 is 17.9 Å². The molecule has 0 aromatic heterocycles. The minimum atomic E-state index is -3.81. The van der Waals surface area contributed by atoms with Gasteiger partial charge >= 0.3 is 0 Å². The van der Waals surface area contributed by atoms with Crippen molar-refractivity contribution in [3.05, 3.63) is 59.4 Å². The van der Waals surface area contributed by atoms with Gasteiger partial charge in [0.15, 0.2) is 0 Å². The molecule has 0 saturated carbocycles. The van der Waals surface area contributed by atoms with E-state index in [1.54, 1.807) is 30.3 Å². The van der Waals surface area contributed by atoms with Crippen LogP contribution in [-0.2, 0) is 16.6 Å². The largest absolute Gasteiger partial charge is 0.392 e. The molecule has 0 radical (unpaired) electrons. The van der Waals surface area contributed by atoms with E-state index < -0.39 is 22.4 Å². The van der Waals surface area contributed by atoms with Gasteiger partial charge in [0, 0.05) is 12.6 Å². The van der Waals surface area contributed by atoms with E-state index in [0.717, 1.165) is 10.4 Å². The lowest BCUT2D eigenvalue weighted by atomic mass is 10.1. The van der Waals surface area contributed by atoms with Gasteiger partial charge in [0.2, 0.25) is 0 Å². The highest BCUT2D eigenvalue weighted by atomic mass is 32.2. The number of nitrogens with zero attached hydrogens (tertiary/aromatic N) is 1. The maximum atomic E-state index is 13.7. The molecule has 0 aliphatic heterocycles. The maximum absolute atomic E-state index is 13.7. The summed E-state index contributed by atoms with van der Waals surface area (Å²) in [5.41, 5.74) is 0.654. The number of aliphatic hydroxyl groups is 1. The molecule has 2 rings (SSSR count). The Kier molecular flexibility index (Phi) is 4.29. The summed E-state index contributed by atoms with van der Waals surface area (Å²) in [6, 6.07) is 11.0. The molecule has 0 unspecified atom stereocenters.